The minimum atomic E-state index is -0.447. The van der Waals surface area contributed by atoms with Gasteiger partial charge < -0.3 is 10.2 Å². The van der Waals surface area contributed by atoms with Gasteiger partial charge in [0.25, 0.3) is 5.91 Å². The number of aromatic nitrogens is 1. The van der Waals surface area contributed by atoms with Crippen LogP contribution in [0.1, 0.15) is 36.0 Å². The SMILES string of the molecule is O=C(Nc1ccccc1F)c1cncc(N2CCCCCC2)c1. The van der Waals surface area contributed by atoms with Crippen molar-refractivity contribution < 1.29 is 9.18 Å². The minimum Gasteiger partial charge on any atom is -0.370 e. The number of hydrogen-bond acceptors (Lipinski definition) is 3. The molecule has 1 saturated heterocycles. The maximum absolute atomic E-state index is 13.6. The molecular weight excluding hydrogens is 293 g/mol. The lowest BCUT2D eigenvalue weighted by molar-refractivity contribution is 0.102. The smallest absolute Gasteiger partial charge is 0.257 e. The number of pyridine rings is 1. The highest BCUT2D eigenvalue weighted by Crippen LogP contribution is 2.20. The number of halogens is 1. The first-order valence-electron chi connectivity index (χ1n) is 8.00. The first-order chi connectivity index (χ1) is 11.2. The molecule has 120 valence electrons. The van der Waals surface area contributed by atoms with Crippen LogP contribution in [0.3, 0.4) is 0 Å². The lowest BCUT2D eigenvalue weighted by Gasteiger charge is -2.22. The number of para-hydroxylation sites is 1. The van der Waals surface area contributed by atoms with Gasteiger partial charge in [0.05, 0.1) is 23.1 Å². The Labute approximate surface area is 135 Å². The van der Waals surface area contributed by atoms with Gasteiger partial charge in [0.2, 0.25) is 0 Å². The lowest BCUT2D eigenvalue weighted by atomic mass is 10.2. The van der Waals surface area contributed by atoms with E-state index in [1.807, 2.05) is 6.07 Å². The van der Waals surface area contributed by atoms with Crippen LogP contribution in [0.2, 0.25) is 0 Å². The molecule has 2 heterocycles. The van der Waals surface area contributed by atoms with Gasteiger partial charge in [0.15, 0.2) is 0 Å². The number of carbonyl (C=O) groups excluding carboxylic acids is 1. The zero-order chi connectivity index (χ0) is 16.1. The van der Waals surface area contributed by atoms with E-state index in [1.54, 1.807) is 24.4 Å². The third-order valence-electron chi connectivity index (χ3n) is 4.08. The van der Waals surface area contributed by atoms with Crippen LogP contribution in [-0.2, 0) is 0 Å². The van der Waals surface area contributed by atoms with Crippen molar-refractivity contribution in [1.29, 1.82) is 0 Å². The largest absolute Gasteiger partial charge is 0.370 e. The third kappa shape index (κ3) is 3.86. The van der Waals surface area contributed by atoms with E-state index in [0.717, 1.165) is 31.6 Å². The lowest BCUT2D eigenvalue weighted by Crippen LogP contribution is -2.24. The number of benzene rings is 1. The number of hydrogen-bond donors (Lipinski definition) is 1. The van der Waals surface area contributed by atoms with Crippen molar-refractivity contribution in [2.75, 3.05) is 23.3 Å². The summed E-state index contributed by atoms with van der Waals surface area (Å²) in [7, 11) is 0. The Bertz CT molecular complexity index is 681. The van der Waals surface area contributed by atoms with E-state index in [1.165, 1.54) is 25.1 Å². The first-order valence-corrected chi connectivity index (χ1v) is 8.00. The second-order valence-corrected chi connectivity index (χ2v) is 5.77. The van der Waals surface area contributed by atoms with Crippen LogP contribution in [0.25, 0.3) is 0 Å². The molecule has 0 unspecified atom stereocenters. The molecule has 1 aliphatic rings. The van der Waals surface area contributed by atoms with Gasteiger partial charge in [-0.2, -0.15) is 0 Å². The van der Waals surface area contributed by atoms with Crippen molar-refractivity contribution >= 4 is 17.3 Å². The second-order valence-electron chi connectivity index (χ2n) is 5.77. The molecule has 3 rings (SSSR count). The fraction of sp³-hybridized carbons (Fsp3) is 0.333. The molecule has 5 heteroatoms. The fourth-order valence-electron chi connectivity index (χ4n) is 2.81. The van der Waals surface area contributed by atoms with Crippen molar-refractivity contribution in [3.05, 3.63) is 54.1 Å². The summed E-state index contributed by atoms with van der Waals surface area (Å²) in [5, 5.41) is 2.60. The number of nitrogens with zero attached hydrogens (tertiary/aromatic N) is 2. The molecule has 23 heavy (non-hydrogen) atoms. The van der Waals surface area contributed by atoms with Crippen molar-refractivity contribution in [3.63, 3.8) is 0 Å². The van der Waals surface area contributed by atoms with Crippen molar-refractivity contribution in [3.8, 4) is 0 Å². The highest BCUT2D eigenvalue weighted by molar-refractivity contribution is 6.04. The number of anilines is 2. The molecular formula is C18H20FN3O. The molecule has 1 amide bonds. The van der Waals surface area contributed by atoms with Gasteiger partial charge >= 0.3 is 0 Å². The predicted molar refractivity (Wildman–Crippen MR) is 89.3 cm³/mol. The van der Waals surface area contributed by atoms with Crippen LogP contribution in [0.5, 0.6) is 0 Å². The van der Waals surface area contributed by atoms with Gasteiger partial charge in [0, 0.05) is 19.3 Å². The zero-order valence-electron chi connectivity index (χ0n) is 13.0. The molecule has 0 atom stereocenters. The highest BCUT2D eigenvalue weighted by atomic mass is 19.1. The van der Waals surface area contributed by atoms with Gasteiger partial charge in [-0.3, -0.25) is 9.78 Å². The van der Waals surface area contributed by atoms with E-state index in [4.69, 9.17) is 0 Å². The molecule has 0 saturated carbocycles. The normalized spacial score (nSPS) is 15.1. The molecule has 0 spiro atoms. The third-order valence-corrected chi connectivity index (χ3v) is 4.08. The molecule has 0 radical (unpaired) electrons. The molecule has 1 N–H and O–H groups in total. The monoisotopic (exact) mass is 313 g/mol. The molecule has 2 aromatic rings. The Kier molecular flexibility index (Phi) is 4.86. The van der Waals surface area contributed by atoms with E-state index in [0.29, 0.717) is 5.56 Å². The standard InChI is InChI=1S/C18H20FN3O/c19-16-7-3-4-8-17(16)21-18(23)14-11-15(13-20-12-14)22-9-5-1-2-6-10-22/h3-4,7-8,11-13H,1-2,5-6,9-10H2,(H,21,23). The first kappa shape index (κ1) is 15.5. The van der Waals surface area contributed by atoms with Gasteiger partial charge in [-0.05, 0) is 31.0 Å². The number of nitrogens with one attached hydrogen (secondary N) is 1. The summed E-state index contributed by atoms with van der Waals surface area (Å²) < 4.78 is 13.6. The molecule has 1 aliphatic heterocycles. The number of rotatable bonds is 3. The van der Waals surface area contributed by atoms with Crippen LogP contribution in [0, 0.1) is 5.82 Å². The summed E-state index contributed by atoms with van der Waals surface area (Å²) in [4.78, 5) is 18.8. The zero-order valence-corrected chi connectivity index (χ0v) is 13.0. The summed E-state index contributed by atoms with van der Waals surface area (Å²) in [6.45, 7) is 1.97. The molecule has 4 nitrogen and oxygen atoms in total. The minimum absolute atomic E-state index is 0.178. The maximum atomic E-state index is 13.6. The molecule has 1 aromatic heterocycles. The molecule has 1 fully saturated rings. The van der Waals surface area contributed by atoms with E-state index in [-0.39, 0.29) is 11.6 Å². The fourth-order valence-corrected chi connectivity index (χ4v) is 2.81. The van der Waals surface area contributed by atoms with Gasteiger partial charge in [-0.25, -0.2) is 4.39 Å². The molecule has 1 aromatic carbocycles. The van der Waals surface area contributed by atoms with E-state index in [9.17, 15) is 9.18 Å². The van der Waals surface area contributed by atoms with Gasteiger partial charge in [-0.1, -0.05) is 25.0 Å². The highest BCUT2D eigenvalue weighted by Gasteiger charge is 2.14. The van der Waals surface area contributed by atoms with E-state index >= 15 is 0 Å². The van der Waals surface area contributed by atoms with Gasteiger partial charge in [0.1, 0.15) is 5.82 Å². The maximum Gasteiger partial charge on any atom is 0.257 e. The van der Waals surface area contributed by atoms with Crippen LogP contribution >= 0.6 is 0 Å². The van der Waals surface area contributed by atoms with Gasteiger partial charge in [-0.15, -0.1) is 0 Å². The van der Waals surface area contributed by atoms with E-state index < -0.39 is 5.82 Å². The summed E-state index contributed by atoms with van der Waals surface area (Å²) in [5.74, 6) is -0.795. The summed E-state index contributed by atoms with van der Waals surface area (Å²) in [5.41, 5.74) is 1.57. The summed E-state index contributed by atoms with van der Waals surface area (Å²) in [6, 6.07) is 7.96. The van der Waals surface area contributed by atoms with Crippen molar-refractivity contribution in [2.24, 2.45) is 0 Å². The van der Waals surface area contributed by atoms with Crippen molar-refractivity contribution in [1.82, 2.24) is 4.98 Å². The summed E-state index contributed by atoms with van der Waals surface area (Å²) >= 11 is 0. The Hall–Kier alpha value is -2.43. The van der Waals surface area contributed by atoms with E-state index in [2.05, 4.69) is 15.2 Å². The average Bonchev–Trinajstić information content (AvgIpc) is 2.86. The Morgan fingerprint density at radius 3 is 2.57 bits per heavy atom. The second kappa shape index (κ2) is 7.22. The predicted octanol–water partition coefficient (Wildman–Crippen LogP) is 3.85. The quantitative estimate of drug-likeness (QED) is 0.936. The van der Waals surface area contributed by atoms with Crippen molar-refractivity contribution in [2.45, 2.75) is 25.7 Å². The van der Waals surface area contributed by atoms with Crippen LogP contribution < -0.4 is 10.2 Å². The van der Waals surface area contributed by atoms with Crippen LogP contribution in [-0.4, -0.2) is 24.0 Å². The molecule has 0 bridgehead atoms. The van der Waals surface area contributed by atoms with Crippen LogP contribution in [0.15, 0.2) is 42.7 Å². The number of amides is 1. The Morgan fingerprint density at radius 1 is 1.09 bits per heavy atom. The Balaban J connectivity index is 1.76. The summed E-state index contributed by atoms with van der Waals surface area (Å²) in [6.07, 6.45) is 8.11. The Morgan fingerprint density at radius 2 is 1.83 bits per heavy atom. The molecule has 0 aliphatic carbocycles. The van der Waals surface area contributed by atoms with Crippen LogP contribution in [0.4, 0.5) is 15.8 Å². The average molecular weight is 313 g/mol. The number of carbonyl (C=O) groups is 1. The topological polar surface area (TPSA) is 45.2 Å².